The fraction of sp³-hybridized carbons (Fsp3) is 0.172. The average Bonchev–Trinajstić information content (AvgIpc) is 3.22. The van der Waals surface area contributed by atoms with Gasteiger partial charge in [-0.3, -0.25) is 10.2 Å². The van der Waals surface area contributed by atoms with E-state index in [1.54, 1.807) is 60.9 Å². The van der Waals surface area contributed by atoms with E-state index < -0.39 is 0 Å². The monoisotopic (exact) mass is 499 g/mol. The molecular formula is C29H26FN3O4. The SMILES string of the molecule is COc1cc(/C=C2\COc3c(cc(Cn4ccn(C)c4=N)cc3-c3ccc(F)cc3)C2=O)cc(OC)c1. The first-order valence-corrected chi connectivity index (χ1v) is 11.7. The van der Waals surface area contributed by atoms with Crippen molar-refractivity contribution in [3.8, 4) is 28.4 Å². The number of hydrogen-bond acceptors (Lipinski definition) is 5. The molecule has 0 fully saturated rings. The number of rotatable bonds is 6. The maximum Gasteiger partial charge on any atom is 0.202 e. The maximum absolute atomic E-state index is 13.7. The highest BCUT2D eigenvalue weighted by Gasteiger charge is 2.27. The van der Waals surface area contributed by atoms with Crippen molar-refractivity contribution in [3.05, 3.63) is 101 Å². The molecule has 0 unspecified atom stereocenters. The second-order valence-electron chi connectivity index (χ2n) is 8.82. The molecule has 2 heterocycles. The quantitative estimate of drug-likeness (QED) is 0.385. The van der Waals surface area contributed by atoms with Crippen molar-refractivity contribution in [2.24, 2.45) is 7.05 Å². The zero-order valence-corrected chi connectivity index (χ0v) is 20.7. The fourth-order valence-electron chi connectivity index (χ4n) is 4.41. The first-order chi connectivity index (χ1) is 17.9. The van der Waals surface area contributed by atoms with Crippen LogP contribution in [0.15, 0.2) is 72.6 Å². The van der Waals surface area contributed by atoms with Crippen molar-refractivity contribution < 1.29 is 23.4 Å². The van der Waals surface area contributed by atoms with Gasteiger partial charge >= 0.3 is 0 Å². The van der Waals surface area contributed by atoms with Crippen molar-refractivity contribution in [1.29, 1.82) is 5.41 Å². The van der Waals surface area contributed by atoms with Gasteiger partial charge in [-0.25, -0.2) is 4.39 Å². The molecule has 0 saturated carbocycles. The second-order valence-corrected chi connectivity index (χ2v) is 8.82. The molecule has 0 radical (unpaired) electrons. The molecule has 0 aliphatic carbocycles. The average molecular weight is 500 g/mol. The second kappa shape index (κ2) is 9.81. The molecule has 1 aliphatic rings. The number of hydrogen-bond donors (Lipinski definition) is 1. The van der Waals surface area contributed by atoms with E-state index in [-0.39, 0.29) is 18.2 Å². The largest absolute Gasteiger partial charge is 0.497 e. The molecule has 0 atom stereocenters. The fourth-order valence-corrected chi connectivity index (χ4v) is 4.41. The van der Waals surface area contributed by atoms with Crippen molar-refractivity contribution in [2.45, 2.75) is 6.54 Å². The topological polar surface area (TPSA) is 78.5 Å². The van der Waals surface area contributed by atoms with Crippen LogP contribution in [0.3, 0.4) is 0 Å². The number of nitrogens with one attached hydrogen (secondary N) is 1. The third kappa shape index (κ3) is 4.78. The van der Waals surface area contributed by atoms with Gasteiger partial charge < -0.3 is 23.3 Å². The van der Waals surface area contributed by atoms with Crippen LogP contribution in [0, 0.1) is 11.2 Å². The number of carbonyl (C=O) groups is 1. The van der Waals surface area contributed by atoms with Crippen molar-refractivity contribution in [3.63, 3.8) is 0 Å². The van der Waals surface area contributed by atoms with E-state index in [1.165, 1.54) is 12.1 Å². The standard InChI is InChI=1S/C29H26FN3O4/c1-32-8-9-33(29(32)31)16-19-13-25(20-4-6-22(30)7-5-20)28-26(14-19)27(34)21(17-37-28)10-18-11-23(35-2)15-24(12-18)36-3/h4-15,31H,16-17H2,1-3H3/b21-10+,31-29?. The van der Waals surface area contributed by atoms with Crippen LogP contribution < -0.4 is 19.8 Å². The Morgan fingerprint density at radius 3 is 2.30 bits per heavy atom. The Bertz CT molecular complexity index is 1560. The number of fused-ring (bicyclic) bond motifs is 1. The first kappa shape index (κ1) is 24.1. The molecule has 0 saturated heterocycles. The van der Waals surface area contributed by atoms with Gasteiger partial charge in [0.1, 0.15) is 29.7 Å². The number of imidazole rings is 1. The Balaban J connectivity index is 1.61. The van der Waals surface area contributed by atoms with Crippen LogP contribution in [0.4, 0.5) is 4.39 Å². The van der Waals surface area contributed by atoms with Crippen LogP contribution in [0.5, 0.6) is 17.2 Å². The summed E-state index contributed by atoms with van der Waals surface area (Å²) in [6, 6.07) is 15.2. The highest BCUT2D eigenvalue weighted by molar-refractivity contribution is 6.15. The van der Waals surface area contributed by atoms with Gasteiger partial charge in [0, 0.05) is 36.6 Å². The number of nitrogens with zero attached hydrogens (tertiary/aromatic N) is 2. The number of carbonyl (C=O) groups excluding carboxylic acids is 1. The lowest BCUT2D eigenvalue weighted by Gasteiger charge is -2.23. The number of ketones is 1. The molecule has 0 bridgehead atoms. The summed E-state index contributed by atoms with van der Waals surface area (Å²) in [4.78, 5) is 13.7. The summed E-state index contributed by atoms with van der Waals surface area (Å²) in [5.74, 6) is 1.19. The molecular weight excluding hydrogens is 473 g/mol. The Morgan fingerprint density at radius 2 is 1.68 bits per heavy atom. The van der Waals surface area contributed by atoms with Gasteiger partial charge in [0.2, 0.25) is 5.62 Å². The first-order valence-electron chi connectivity index (χ1n) is 11.7. The number of aryl methyl sites for hydroxylation is 1. The zero-order valence-electron chi connectivity index (χ0n) is 20.7. The van der Waals surface area contributed by atoms with Crippen LogP contribution >= 0.6 is 0 Å². The van der Waals surface area contributed by atoms with Crippen molar-refractivity contribution in [1.82, 2.24) is 9.13 Å². The van der Waals surface area contributed by atoms with Crippen LogP contribution in [-0.2, 0) is 13.6 Å². The predicted molar refractivity (Wildman–Crippen MR) is 138 cm³/mol. The summed E-state index contributed by atoms with van der Waals surface area (Å²) >= 11 is 0. The Morgan fingerprint density at radius 1 is 1.00 bits per heavy atom. The van der Waals surface area contributed by atoms with Crippen molar-refractivity contribution >= 4 is 11.9 Å². The lowest BCUT2D eigenvalue weighted by molar-refractivity contribution is 0.100. The van der Waals surface area contributed by atoms with Crippen molar-refractivity contribution in [2.75, 3.05) is 20.8 Å². The number of ether oxygens (including phenoxy) is 3. The minimum atomic E-state index is -0.344. The highest BCUT2D eigenvalue weighted by atomic mass is 19.1. The molecule has 188 valence electrons. The van der Waals surface area contributed by atoms with Gasteiger partial charge in [-0.05, 0) is 59.2 Å². The summed E-state index contributed by atoms with van der Waals surface area (Å²) in [6.45, 7) is 0.476. The van der Waals surface area contributed by atoms with Gasteiger partial charge in [-0.15, -0.1) is 0 Å². The van der Waals surface area contributed by atoms with E-state index >= 15 is 0 Å². The van der Waals surface area contributed by atoms with E-state index in [4.69, 9.17) is 19.6 Å². The summed E-state index contributed by atoms with van der Waals surface area (Å²) in [5.41, 5.74) is 4.25. The molecule has 4 aromatic rings. The van der Waals surface area contributed by atoms with E-state index in [0.29, 0.717) is 46.1 Å². The Hall–Kier alpha value is -4.59. The van der Waals surface area contributed by atoms with Gasteiger partial charge in [-0.2, -0.15) is 0 Å². The lowest BCUT2D eigenvalue weighted by Crippen LogP contribution is -2.23. The minimum absolute atomic E-state index is 0.0865. The predicted octanol–water partition coefficient (Wildman–Crippen LogP) is 4.84. The Labute approximate surface area is 213 Å². The number of methoxy groups -OCH3 is 2. The van der Waals surface area contributed by atoms with E-state index in [1.807, 2.05) is 30.5 Å². The molecule has 5 rings (SSSR count). The van der Waals surface area contributed by atoms with Crippen LogP contribution in [0.2, 0.25) is 0 Å². The Kier molecular flexibility index (Phi) is 6.40. The highest BCUT2D eigenvalue weighted by Crippen LogP contribution is 2.39. The molecule has 37 heavy (non-hydrogen) atoms. The van der Waals surface area contributed by atoms with Crippen LogP contribution in [0.1, 0.15) is 21.5 Å². The van der Waals surface area contributed by atoms with Gasteiger partial charge in [0.25, 0.3) is 0 Å². The summed E-state index contributed by atoms with van der Waals surface area (Å²) < 4.78 is 34.0. The zero-order chi connectivity index (χ0) is 26.1. The molecule has 7 nitrogen and oxygen atoms in total. The summed E-state index contributed by atoms with van der Waals surface area (Å²) in [7, 11) is 4.95. The lowest BCUT2D eigenvalue weighted by atomic mass is 9.91. The summed E-state index contributed by atoms with van der Waals surface area (Å²) in [6.07, 6.45) is 5.40. The van der Waals surface area contributed by atoms with Gasteiger partial charge in [-0.1, -0.05) is 12.1 Å². The van der Waals surface area contributed by atoms with E-state index in [9.17, 15) is 9.18 Å². The van der Waals surface area contributed by atoms with Crippen LogP contribution in [-0.4, -0.2) is 35.7 Å². The van der Waals surface area contributed by atoms with Crippen LogP contribution in [0.25, 0.3) is 17.2 Å². The van der Waals surface area contributed by atoms with E-state index in [0.717, 1.165) is 16.7 Å². The molecule has 0 spiro atoms. The number of halogens is 1. The molecule has 1 N–H and O–H groups in total. The minimum Gasteiger partial charge on any atom is -0.497 e. The normalized spacial score (nSPS) is 13.8. The molecule has 1 aliphatic heterocycles. The third-order valence-electron chi connectivity index (χ3n) is 6.36. The van der Waals surface area contributed by atoms with Gasteiger partial charge in [0.15, 0.2) is 5.78 Å². The maximum atomic E-state index is 13.7. The third-order valence-corrected chi connectivity index (χ3v) is 6.36. The molecule has 0 amide bonds. The number of aromatic nitrogens is 2. The van der Waals surface area contributed by atoms with Gasteiger partial charge in [0.05, 0.1) is 26.3 Å². The van der Waals surface area contributed by atoms with E-state index in [2.05, 4.69) is 0 Å². The molecule has 8 heteroatoms. The number of Topliss-reactive ketones (excluding diaryl/α,β-unsaturated/α-hetero) is 1. The summed E-state index contributed by atoms with van der Waals surface area (Å²) in [5, 5.41) is 8.28. The molecule has 3 aromatic carbocycles. The number of benzene rings is 3. The smallest absolute Gasteiger partial charge is 0.202 e. The molecule has 1 aromatic heterocycles.